The first-order valence-corrected chi connectivity index (χ1v) is 10.5. The van der Waals surface area contributed by atoms with Crippen molar-refractivity contribution in [3.63, 3.8) is 0 Å². The molecule has 2 unspecified atom stereocenters. The van der Waals surface area contributed by atoms with Crippen LogP contribution in [0, 0.1) is 5.92 Å². The molecular weight excluding hydrogens is 368 g/mol. The summed E-state index contributed by atoms with van der Waals surface area (Å²) in [6.07, 6.45) is 5.76. The minimum atomic E-state index is -0.0534. The zero-order chi connectivity index (χ0) is 20.1. The number of nitrogens with one attached hydrogen (secondary N) is 2. The minimum Gasteiger partial charge on any atom is -0.444 e. The number of carbonyl (C=O) groups excluding carboxylic acids is 2. The van der Waals surface area contributed by atoms with Crippen LogP contribution in [0.5, 0.6) is 0 Å². The number of rotatable bonds is 6. The molecule has 2 amide bonds. The van der Waals surface area contributed by atoms with Crippen molar-refractivity contribution < 1.29 is 14.0 Å². The molecule has 2 aromatic rings. The minimum absolute atomic E-state index is 0.0534. The van der Waals surface area contributed by atoms with E-state index in [0.29, 0.717) is 30.6 Å². The Labute approximate surface area is 170 Å². The molecule has 0 radical (unpaired) electrons. The highest BCUT2D eigenvalue weighted by Gasteiger charge is 2.26. The monoisotopic (exact) mass is 396 g/mol. The van der Waals surface area contributed by atoms with Crippen LogP contribution in [0.1, 0.15) is 31.4 Å². The van der Waals surface area contributed by atoms with Crippen LogP contribution in [-0.4, -0.2) is 53.9 Å². The number of piperidine rings is 1. The molecule has 2 N–H and O–H groups in total. The van der Waals surface area contributed by atoms with Gasteiger partial charge in [0, 0.05) is 25.2 Å². The van der Waals surface area contributed by atoms with Gasteiger partial charge in [-0.3, -0.25) is 9.59 Å². The van der Waals surface area contributed by atoms with Crippen molar-refractivity contribution in [3.8, 4) is 11.5 Å². The number of amides is 2. The highest BCUT2D eigenvalue weighted by Crippen LogP contribution is 2.20. The van der Waals surface area contributed by atoms with Crippen molar-refractivity contribution in [2.24, 2.45) is 5.92 Å². The summed E-state index contributed by atoms with van der Waals surface area (Å²) < 4.78 is 5.54. The Kier molecular flexibility index (Phi) is 6.24. The molecule has 0 aliphatic carbocycles. The predicted octanol–water partition coefficient (Wildman–Crippen LogP) is 1.99. The molecule has 2 aliphatic heterocycles. The molecule has 7 nitrogen and oxygen atoms in total. The van der Waals surface area contributed by atoms with Gasteiger partial charge in [-0.05, 0) is 50.3 Å². The molecule has 1 aromatic heterocycles. The first-order chi connectivity index (χ1) is 14.2. The first kappa shape index (κ1) is 19.6. The van der Waals surface area contributed by atoms with E-state index < -0.39 is 0 Å². The molecule has 2 aliphatic rings. The summed E-state index contributed by atoms with van der Waals surface area (Å²) in [6.45, 7) is 2.98. The van der Waals surface area contributed by atoms with Gasteiger partial charge in [0.05, 0.1) is 18.2 Å². The zero-order valence-corrected chi connectivity index (χ0v) is 16.6. The summed E-state index contributed by atoms with van der Waals surface area (Å²) >= 11 is 0. The second-order valence-electron chi connectivity index (χ2n) is 7.93. The lowest BCUT2D eigenvalue weighted by atomic mass is 9.97. The van der Waals surface area contributed by atoms with E-state index in [1.54, 1.807) is 6.26 Å². The third kappa shape index (κ3) is 5.03. The van der Waals surface area contributed by atoms with E-state index in [4.69, 9.17) is 4.42 Å². The number of oxazole rings is 1. The van der Waals surface area contributed by atoms with E-state index in [2.05, 4.69) is 15.6 Å². The fourth-order valence-electron chi connectivity index (χ4n) is 4.10. The summed E-state index contributed by atoms with van der Waals surface area (Å²) in [5, 5.41) is 6.28. The number of aromatic nitrogens is 1. The molecule has 2 atom stereocenters. The standard InChI is InChI=1S/C22H28N4O3/c27-20(12-18-15-29-22(25-18)17-7-2-1-3-8-17)26-11-5-6-16(14-26)13-24-21(28)19-9-4-10-23-19/h1-3,7-8,15-16,19,23H,4-6,9-14H2,(H,24,28). The second kappa shape index (κ2) is 9.22. The van der Waals surface area contributed by atoms with Gasteiger partial charge < -0.3 is 20.0 Å². The van der Waals surface area contributed by atoms with Crippen molar-refractivity contribution in [3.05, 3.63) is 42.3 Å². The number of benzene rings is 1. The molecule has 29 heavy (non-hydrogen) atoms. The maximum Gasteiger partial charge on any atom is 0.237 e. The van der Waals surface area contributed by atoms with Gasteiger partial charge in [0.25, 0.3) is 0 Å². The lowest BCUT2D eigenvalue weighted by Gasteiger charge is -2.33. The molecule has 0 spiro atoms. The van der Waals surface area contributed by atoms with Gasteiger partial charge in [0.15, 0.2) is 0 Å². The number of likely N-dealkylation sites (tertiary alicyclic amines) is 1. The van der Waals surface area contributed by atoms with Crippen molar-refractivity contribution >= 4 is 11.8 Å². The van der Waals surface area contributed by atoms with Crippen LogP contribution in [0.2, 0.25) is 0 Å². The zero-order valence-electron chi connectivity index (χ0n) is 16.6. The van der Waals surface area contributed by atoms with Crippen molar-refractivity contribution in [2.45, 2.75) is 38.1 Å². The van der Waals surface area contributed by atoms with E-state index >= 15 is 0 Å². The highest BCUT2D eigenvalue weighted by atomic mass is 16.3. The molecule has 7 heteroatoms. The molecule has 4 rings (SSSR count). The summed E-state index contributed by atoms with van der Waals surface area (Å²) in [5.41, 5.74) is 1.55. The number of nitrogens with zero attached hydrogens (tertiary/aromatic N) is 2. The molecule has 0 saturated carbocycles. The normalized spacial score (nSPS) is 21.9. The van der Waals surface area contributed by atoms with Crippen molar-refractivity contribution in [1.29, 1.82) is 0 Å². The second-order valence-corrected chi connectivity index (χ2v) is 7.93. The average Bonchev–Trinajstić information content (AvgIpc) is 3.45. The Morgan fingerprint density at radius 1 is 1.21 bits per heavy atom. The van der Waals surface area contributed by atoms with Crippen LogP contribution in [0.15, 0.2) is 41.0 Å². The summed E-state index contributed by atoms with van der Waals surface area (Å²) in [5.74, 6) is 0.983. The van der Waals surface area contributed by atoms with Crippen molar-refractivity contribution in [2.75, 3.05) is 26.2 Å². The fraction of sp³-hybridized carbons (Fsp3) is 0.500. The lowest BCUT2D eigenvalue weighted by molar-refractivity contribution is -0.132. The van der Waals surface area contributed by atoms with Gasteiger partial charge in [-0.15, -0.1) is 0 Å². The molecule has 1 aromatic carbocycles. The van der Waals surface area contributed by atoms with Gasteiger partial charge in [-0.25, -0.2) is 4.98 Å². The topological polar surface area (TPSA) is 87.5 Å². The molecule has 0 bridgehead atoms. The lowest BCUT2D eigenvalue weighted by Crippen LogP contribution is -2.47. The van der Waals surface area contributed by atoms with Gasteiger partial charge >= 0.3 is 0 Å². The number of hydrogen-bond donors (Lipinski definition) is 2. The van der Waals surface area contributed by atoms with Gasteiger partial charge in [-0.2, -0.15) is 0 Å². The largest absolute Gasteiger partial charge is 0.444 e. The van der Waals surface area contributed by atoms with Crippen LogP contribution in [0.25, 0.3) is 11.5 Å². The Hall–Kier alpha value is -2.67. The number of carbonyl (C=O) groups is 2. The Morgan fingerprint density at radius 3 is 2.86 bits per heavy atom. The average molecular weight is 396 g/mol. The van der Waals surface area contributed by atoms with E-state index in [1.807, 2.05) is 35.2 Å². The Bertz CT molecular complexity index is 830. The third-order valence-corrected chi connectivity index (χ3v) is 5.72. The molecule has 154 valence electrons. The van der Waals surface area contributed by atoms with E-state index in [1.165, 1.54) is 0 Å². The first-order valence-electron chi connectivity index (χ1n) is 10.5. The number of hydrogen-bond acceptors (Lipinski definition) is 5. The van der Waals surface area contributed by atoms with Crippen molar-refractivity contribution in [1.82, 2.24) is 20.5 Å². The maximum absolute atomic E-state index is 12.8. The van der Waals surface area contributed by atoms with E-state index in [9.17, 15) is 9.59 Å². The summed E-state index contributed by atoms with van der Waals surface area (Å²) in [4.78, 5) is 31.3. The van der Waals surface area contributed by atoms with Crippen LogP contribution < -0.4 is 10.6 Å². The highest BCUT2D eigenvalue weighted by molar-refractivity contribution is 5.82. The van der Waals surface area contributed by atoms with Gasteiger partial charge in [0.2, 0.25) is 17.7 Å². The quantitative estimate of drug-likeness (QED) is 0.780. The fourth-order valence-corrected chi connectivity index (χ4v) is 4.10. The van der Waals surface area contributed by atoms with E-state index in [0.717, 1.165) is 44.3 Å². The van der Waals surface area contributed by atoms with Crippen LogP contribution >= 0.6 is 0 Å². The molecule has 2 saturated heterocycles. The predicted molar refractivity (Wildman–Crippen MR) is 109 cm³/mol. The Balaban J connectivity index is 1.27. The van der Waals surface area contributed by atoms with E-state index in [-0.39, 0.29) is 24.3 Å². The smallest absolute Gasteiger partial charge is 0.237 e. The summed E-state index contributed by atoms with van der Waals surface area (Å²) in [7, 11) is 0. The van der Waals surface area contributed by atoms with Crippen LogP contribution in [0.4, 0.5) is 0 Å². The molecule has 3 heterocycles. The van der Waals surface area contributed by atoms with Crippen LogP contribution in [0.3, 0.4) is 0 Å². The maximum atomic E-state index is 12.8. The third-order valence-electron chi connectivity index (χ3n) is 5.72. The SMILES string of the molecule is O=C(NCC1CCCN(C(=O)Cc2coc(-c3ccccc3)n2)C1)C1CCCN1. The molecular formula is C22H28N4O3. The van der Waals surface area contributed by atoms with Gasteiger partial charge in [-0.1, -0.05) is 18.2 Å². The Morgan fingerprint density at radius 2 is 2.07 bits per heavy atom. The van der Waals surface area contributed by atoms with Crippen LogP contribution in [-0.2, 0) is 16.0 Å². The molecule has 2 fully saturated rings. The van der Waals surface area contributed by atoms with Gasteiger partial charge in [0.1, 0.15) is 6.26 Å². The summed E-state index contributed by atoms with van der Waals surface area (Å²) in [6, 6.07) is 9.61.